The lowest BCUT2D eigenvalue weighted by molar-refractivity contribution is -0.135. The van der Waals surface area contributed by atoms with Crippen LogP contribution in [0, 0.1) is 0 Å². The summed E-state index contributed by atoms with van der Waals surface area (Å²) in [6, 6.07) is 20.0. The number of anilines is 1. The summed E-state index contributed by atoms with van der Waals surface area (Å²) in [7, 11) is 0. The molecule has 1 atom stereocenters. The first-order chi connectivity index (χ1) is 10.2. The summed E-state index contributed by atoms with van der Waals surface area (Å²) in [6.07, 6.45) is 0.923. The van der Waals surface area contributed by atoms with E-state index in [0.717, 1.165) is 18.7 Å². The molecule has 0 aliphatic heterocycles. The second-order valence-electron chi connectivity index (χ2n) is 5.25. The Morgan fingerprint density at radius 3 is 2.19 bits per heavy atom. The fraction of sp³-hybridized carbons (Fsp3) is 0.278. The Labute approximate surface area is 125 Å². The van der Waals surface area contributed by atoms with Crippen molar-refractivity contribution in [3.8, 4) is 0 Å². The number of hydrogen-bond donors (Lipinski definition) is 1. The summed E-state index contributed by atoms with van der Waals surface area (Å²) in [5.74, 6) is -0.391. The molecule has 0 saturated heterocycles. The third kappa shape index (κ3) is 4.63. The Bertz CT molecular complexity index is 554. The number of carbonyl (C=O) groups is 1. The summed E-state index contributed by atoms with van der Waals surface area (Å²) >= 11 is 0. The molecule has 0 saturated carbocycles. The topological polar surface area (TPSA) is 40.5 Å². The molecule has 21 heavy (non-hydrogen) atoms. The van der Waals surface area contributed by atoms with Crippen molar-refractivity contribution in [2.75, 3.05) is 18.0 Å². The first-order valence-corrected chi connectivity index (χ1v) is 7.23. The van der Waals surface area contributed by atoms with Gasteiger partial charge < -0.3 is 10.0 Å². The van der Waals surface area contributed by atoms with Crippen molar-refractivity contribution in [2.24, 2.45) is 0 Å². The van der Waals surface area contributed by atoms with Gasteiger partial charge in [0.25, 0.3) is 0 Å². The Kier molecular flexibility index (Phi) is 5.38. The molecule has 0 radical (unpaired) electrons. The molecule has 0 aliphatic rings. The molecule has 110 valence electrons. The number of carboxylic acids is 1. The van der Waals surface area contributed by atoms with E-state index >= 15 is 0 Å². The molecule has 2 aromatic carbocycles. The van der Waals surface area contributed by atoms with Crippen molar-refractivity contribution in [3.63, 3.8) is 0 Å². The molecular weight excluding hydrogens is 262 g/mol. The largest absolute Gasteiger partial charge is 0.480 e. The lowest BCUT2D eigenvalue weighted by Gasteiger charge is -2.24. The van der Waals surface area contributed by atoms with Gasteiger partial charge >= 0.3 is 5.97 Å². The van der Waals surface area contributed by atoms with Crippen LogP contribution in [0.3, 0.4) is 0 Å². The lowest BCUT2D eigenvalue weighted by Crippen LogP contribution is -2.31. The molecule has 3 heteroatoms. The first kappa shape index (κ1) is 15.1. The van der Waals surface area contributed by atoms with Gasteiger partial charge in [-0.25, -0.2) is 0 Å². The van der Waals surface area contributed by atoms with Gasteiger partial charge in [-0.15, -0.1) is 0 Å². The maximum atomic E-state index is 11.1. The number of hydrogen-bond acceptors (Lipinski definition) is 2. The van der Waals surface area contributed by atoms with Crippen LogP contribution < -0.4 is 4.90 Å². The van der Waals surface area contributed by atoms with E-state index < -0.39 is 5.97 Å². The Hall–Kier alpha value is -2.29. The maximum absolute atomic E-state index is 11.1. The van der Waals surface area contributed by atoms with Gasteiger partial charge in [-0.2, -0.15) is 0 Å². The molecule has 0 fully saturated rings. The molecule has 0 bridgehead atoms. The van der Waals surface area contributed by atoms with Crippen LogP contribution in [-0.4, -0.2) is 24.2 Å². The van der Waals surface area contributed by atoms with Crippen LogP contribution >= 0.6 is 0 Å². The number of carboxylic acid groups (broad SMARTS) is 1. The number of rotatable bonds is 7. The summed E-state index contributed by atoms with van der Waals surface area (Å²) in [5.41, 5.74) is 2.25. The van der Waals surface area contributed by atoms with Gasteiger partial charge in [-0.05, 0) is 30.0 Å². The van der Waals surface area contributed by atoms with Gasteiger partial charge in [0, 0.05) is 12.2 Å². The van der Waals surface area contributed by atoms with Crippen molar-refractivity contribution in [1.82, 2.24) is 0 Å². The number of aliphatic carboxylic acids is 1. The van der Waals surface area contributed by atoms with E-state index in [2.05, 4.69) is 19.1 Å². The fourth-order valence-corrected chi connectivity index (χ4v) is 2.40. The zero-order chi connectivity index (χ0) is 15.1. The summed E-state index contributed by atoms with van der Waals surface area (Å²) < 4.78 is 0. The molecule has 1 N–H and O–H groups in total. The minimum absolute atomic E-state index is 0.0333. The maximum Gasteiger partial charge on any atom is 0.323 e. The summed E-state index contributed by atoms with van der Waals surface area (Å²) in [6.45, 7) is 2.94. The molecule has 0 aromatic heterocycles. The highest BCUT2D eigenvalue weighted by Crippen LogP contribution is 2.21. The normalized spacial score (nSPS) is 11.9. The van der Waals surface area contributed by atoms with Gasteiger partial charge in [-0.3, -0.25) is 4.79 Å². The van der Waals surface area contributed by atoms with E-state index in [1.807, 2.05) is 53.4 Å². The van der Waals surface area contributed by atoms with Crippen molar-refractivity contribution in [1.29, 1.82) is 0 Å². The van der Waals surface area contributed by atoms with Crippen LogP contribution in [0.5, 0.6) is 0 Å². The molecule has 3 nitrogen and oxygen atoms in total. The molecule has 0 heterocycles. The average molecular weight is 283 g/mol. The van der Waals surface area contributed by atoms with Gasteiger partial charge in [0.15, 0.2) is 0 Å². The molecular formula is C18H21NO2. The lowest BCUT2D eigenvalue weighted by atomic mass is 9.97. The fourth-order valence-electron chi connectivity index (χ4n) is 2.40. The van der Waals surface area contributed by atoms with E-state index in [1.54, 1.807) is 0 Å². The van der Waals surface area contributed by atoms with E-state index in [0.29, 0.717) is 5.92 Å². The number of nitrogens with zero attached hydrogens (tertiary/aromatic N) is 1. The molecule has 0 aliphatic carbocycles. The van der Waals surface area contributed by atoms with Crippen LogP contribution in [0.2, 0.25) is 0 Å². The van der Waals surface area contributed by atoms with Crippen LogP contribution in [-0.2, 0) is 4.79 Å². The smallest absolute Gasteiger partial charge is 0.323 e. The Balaban J connectivity index is 2.01. The predicted molar refractivity (Wildman–Crippen MR) is 85.8 cm³/mol. The Morgan fingerprint density at radius 1 is 1.05 bits per heavy atom. The first-order valence-electron chi connectivity index (χ1n) is 7.23. The zero-order valence-corrected chi connectivity index (χ0v) is 12.3. The van der Waals surface area contributed by atoms with Crippen LogP contribution in [0.15, 0.2) is 60.7 Å². The van der Waals surface area contributed by atoms with Gasteiger partial charge in [0.05, 0.1) is 0 Å². The zero-order valence-electron chi connectivity index (χ0n) is 12.3. The van der Waals surface area contributed by atoms with Crippen molar-refractivity contribution < 1.29 is 9.90 Å². The quantitative estimate of drug-likeness (QED) is 0.841. The number of para-hydroxylation sites is 1. The highest BCUT2D eigenvalue weighted by atomic mass is 16.4. The highest BCUT2D eigenvalue weighted by Gasteiger charge is 2.13. The molecule has 2 rings (SSSR count). The van der Waals surface area contributed by atoms with E-state index in [1.165, 1.54) is 5.56 Å². The van der Waals surface area contributed by atoms with Gasteiger partial charge in [-0.1, -0.05) is 55.5 Å². The van der Waals surface area contributed by atoms with Crippen molar-refractivity contribution in [2.45, 2.75) is 19.3 Å². The average Bonchev–Trinajstić information content (AvgIpc) is 2.52. The van der Waals surface area contributed by atoms with Crippen molar-refractivity contribution in [3.05, 3.63) is 66.2 Å². The minimum Gasteiger partial charge on any atom is -0.480 e. The molecule has 1 unspecified atom stereocenters. The van der Waals surface area contributed by atoms with E-state index in [-0.39, 0.29) is 6.54 Å². The van der Waals surface area contributed by atoms with E-state index in [9.17, 15) is 4.79 Å². The second-order valence-corrected chi connectivity index (χ2v) is 5.25. The van der Waals surface area contributed by atoms with Gasteiger partial charge in [0.1, 0.15) is 6.54 Å². The monoisotopic (exact) mass is 283 g/mol. The third-order valence-corrected chi connectivity index (χ3v) is 3.65. The minimum atomic E-state index is -0.800. The van der Waals surface area contributed by atoms with Crippen LogP contribution in [0.4, 0.5) is 5.69 Å². The number of benzene rings is 2. The second kappa shape index (κ2) is 7.48. The third-order valence-electron chi connectivity index (χ3n) is 3.65. The summed E-state index contributed by atoms with van der Waals surface area (Å²) in [5, 5.41) is 9.09. The van der Waals surface area contributed by atoms with Crippen LogP contribution in [0.25, 0.3) is 0 Å². The van der Waals surface area contributed by atoms with Crippen molar-refractivity contribution >= 4 is 11.7 Å². The molecule has 0 amide bonds. The summed E-state index contributed by atoms with van der Waals surface area (Å²) in [4.78, 5) is 13.0. The predicted octanol–water partition coefficient (Wildman–Crippen LogP) is 3.77. The Morgan fingerprint density at radius 2 is 1.62 bits per heavy atom. The van der Waals surface area contributed by atoms with Gasteiger partial charge in [0.2, 0.25) is 0 Å². The van der Waals surface area contributed by atoms with E-state index in [4.69, 9.17) is 5.11 Å². The molecule has 2 aromatic rings. The SMILES string of the molecule is CC(CCN(CC(=O)O)c1ccccc1)c1ccccc1. The van der Waals surface area contributed by atoms with Crippen LogP contribution in [0.1, 0.15) is 24.8 Å². The highest BCUT2D eigenvalue weighted by molar-refractivity contribution is 5.73. The standard InChI is InChI=1S/C18H21NO2/c1-15(16-8-4-2-5-9-16)12-13-19(14-18(20)21)17-10-6-3-7-11-17/h2-11,15H,12-14H2,1H3,(H,20,21). The molecule has 0 spiro atoms.